The van der Waals surface area contributed by atoms with E-state index < -0.39 is 0 Å². The fourth-order valence-electron chi connectivity index (χ4n) is 5.60. The Morgan fingerprint density at radius 3 is 2.83 bits per heavy atom. The average molecular weight is 557 g/mol. The summed E-state index contributed by atoms with van der Waals surface area (Å²) in [6.07, 6.45) is 6.05. The maximum Gasteiger partial charge on any atom is 0.410 e. The number of hydrogen-bond donors (Lipinski definition) is 0. The van der Waals surface area contributed by atoms with Gasteiger partial charge in [-0.15, -0.1) is 0 Å². The second-order valence-corrected chi connectivity index (χ2v) is 10.7. The Labute approximate surface area is 233 Å². The standard InChI is InChI=1S/C29H25ClN6O4/c1-17-33-26-10-24(19-8-21-12-31-16-32-36(21)14-19)27(40-23-6-7-34-22(9-23)15-39-29(34)38)11-25(26)28(37)35(17)13-18-2-4-20(30)5-3-18/h2-5,8,10-12,14,16,22-23H,6-7,9,13,15H2,1H3/t22-,23-/m0/s1. The SMILES string of the molecule is Cc1nc2cc(-c3cc4cncnn4c3)c(O[C@H]3CCN4C(=O)OC[C@@H]4C3)cc2c(=O)n1Cc1ccc(Cl)cc1. The number of rotatable bonds is 5. The maximum atomic E-state index is 13.8. The highest BCUT2D eigenvalue weighted by Crippen LogP contribution is 2.37. The molecule has 0 saturated carbocycles. The molecule has 5 heterocycles. The summed E-state index contributed by atoms with van der Waals surface area (Å²) in [6.45, 7) is 3.14. The van der Waals surface area contributed by atoms with Crippen LogP contribution in [0.2, 0.25) is 5.02 Å². The van der Waals surface area contributed by atoms with Crippen molar-refractivity contribution in [2.45, 2.75) is 38.5 Å². The van der Waals surface area contributed by atoms with Crippen molar-refractivity contribution < 1.29 is 14.3 Å². The Hall–Kier alpha value is -4.44. The van der Waals surface area contributed by atoms with Gasteiger partial charge in [-0.1, -0.05) is 23.7 Å². The Balaban J connectivity index is 1.32. The third kappa shape index (κ3) is 4.34. The fraction of sp³-hybridized carbons (Fsp3) is 0.276. The van der Waals surface area contributed by atoms with Crippen LogP contribution in [0.1, 0.15) is 24.2 Å². The van der Waals surface area contributed by atoms with E-state index in [0.29, 0.717) is 60.0 Å². The van der Waals surface area contributed by atoms with Gasteiger partial charge in [0, 0.05) is 41.7 Å². The van der Waals surface area contributed by atoms with E-state index in [4.69, 9.17) is 26.1 Å². The Morgan fingerprint density at radius 1 is 1.15 bits per heavy atom. The van der Waals surface area contributed by atoms with Crippen molar-refractivity contribution >= 4 is 34.1 Å². The summed E-state index contributed by atoms with van der Waals surface area (Å²) in [7, 11) is 0. The van der Waals surface area contributed by atoms with Crippen LogP contribution in [0, 0.1) is 6.92 Å². The third-order valence-electron chi connectivity index (χ3n) is 7.69. The second-order valence-electron chi connectivity index (χ2n) is 10.2. The minimum Gasteiger partial charge on any atom is -0.490 e. The molecule has 0 bridgehead atoms. The van der Waals surface area contributed by atoms with E-state index in [2.05, 4.69) is 10.1 Å². The first-order chi connectivity index (χ1) is 19.4. The number of ether oxygens (including phenoxy) is 2. The zero-order chi connectivity index (χ0) is 27.4. The van der Waals surface area contributed by atoms with Crippen LogP contribution in [-0.2, 0) is 11.3 Å². The zero-order valence-electron chi connectivity index (χ0n) is 21.7. The van der Waals surface area contributed by atoms with E-state index in [1.807, 2.05) is 49.5 Å². The van der Waals surface area contributed by atoms with Crippen molar-refractivity contribution in [2.75, 3.05) is 13.2 Å². The highest BCUT2D eigenvalue weighted by atomic mass is 35.5. The lowest BCUT2D eigenvalue weighted by atomic mass is 10.00. The topological polar surface area (TPSA) is 104 Å². The fourth-order valence-corrected chi connectivity index (χ4v) is 5.72. The van der Waals surface area contributed by atoms with Gasteiger partial charge < -0.3 is 14.4 Å². The van der Waals surface area contributed by atoms with Crippen LogP contribution in [0.5, 0.6) is 5.75 Å². The van der Waals surface area contributed by atoms with Crippen LogP contribution in [-0.4, -0.2) is 60.4 Å². The molecule has 1 amide bonds. The van der Waals surface area contributed by atoms with Crippen LogP contribution in [0.4, 0.5) is 4.79 Å². The number of cyclic esters (lactones) is 1. The number of aryl methyl sites for hydroxylation is 1. The molecule has 5 aromatic rings. The zero-order valence-corrected chi connectivity index (χ0v) is 22.4. The molecule has 7 rings (SSSR count). The van der Waals surface area contributed by atoms with Crippen LogP contribution in [0.25, 0.3) is 27.5 Å². The lowest BCUT2D eigenvalue weighted by Crippen LogP contribution is -2.44. The molecule has 0 radical (unpaired) electrons. The number of halogens is 1. The third-order valence-corrected chi connectivity index (χ3v) is 7.94. The molecule has 0 N–H and O–H groups in total. The van der Waals surface area contributed by atoms with Crippen LogP contribution >= 0.6 is 11.6 Å². The van der Waals surface area contributed by atoms with Gasteiger partial charge >= 0.3 is 6.09 Å². The van der Waals surface area contributed by atoms with Crippen molar-refractivity contribution in [3.05, 3.63) is 87.9 Å². The Morgan fingerprint density at radius 2 is 2.00 bits per heavy atom. The summed E-state index contributed by atoms with van der Waals surface area (Å²) in [6, 6.07) is 13.1. The normalized spacial score (nSPS) is 18.8. The van der Waals surface area contributed by atoms with Gasteiger partial charge in [0.25, 0.3) is 5.56 Å². The van der Waals surface area contributed by atoms with Gasteiger partial charge in [0.2, 0.25) is 0 Å². The summed E-state index contributed by atoms with van der Waals surface area (Å²) in [5.74, 6) is 1.19. The molecule has 2 aromatic carbocycles. The molecular formula is C29H25ClN6O4. The number of hydrogen-bond acceptors (Lipinski definition) is 7. The molecule has 11 heteroatoms. The number of fused-ring (bicyclic) bond motifs is 3. The quantitative estimate of drug-likeness (QED) is 0.314. The van der Waals surface area contributed by atoms with Crippen LogP contribution in [0.3, 0.4) is 0 Å². The Bertz CT molecular complexity index is 1800. The largest absolute Gasteiger partial charge is 0.490 e. The summed E-state index contributed by atoms with van der Waals surface area (Å²) in [5.41, 5.74) is 3.90. The molecule has 2 saturated heterocycles. The number of amides is 1. The van der Waals surface area contributed by atoms with Gasteiger partial charge in [-0.25, -0.2) is 19.3 Å². The highest BCUT2D eigenvalue weighted by Gasteiger charge is 2.39. The first-order valence-electron chi connectivity index (χ1n) is 13.1. The summed E-state index contributed by atoms with van der Waals surface area (Å²) in [4.78, 5) is 36.5. The van der Waals surface area contributed by atoms with E-state index in [-0.39, 0.29) is 23.8 Å². The van der Waals surface area contributed by atoms with E-state index in [1.54, 1.807) is 26.2 Å². The summed E-state index contributed by atoms with van der Waals surface area (Å²) in [5, 5.41) is 5.41. The molecule has 0 unspecified atom stereocenters. The number of benzene rings is 2. The maximum absolute atomic E-state index is 13.8. The smallest absolute Gasteiger partial charge is 0.410 e. The van der Waals surface area contributed by atoms with Crippen molar-refractivity contribution in [3.63, 3.8) is 0 Å². The molecule has 2 aliphatic rings. The number of piperidine rings is 1. The molecular weight excluding hydrogens is 532 g/mol. The van der Waals surface area contributed by atoms with Crippen molar-refractivity contribution in [1.29, 1.82) is 0 Å². The van der Waals surface area contributed by atoms with E-state index >= 15 is 0 Å². The molecule has 40 heavy (non-hydrogen) atoms. The average Bonchev–Trinajstić information content (AvgIpc) is 3.55. The van der Waals surface area contributed by atoms with Crippen LogP contribution in [0.15, 0.2) is 66.0 Å². The monoisotopic (exact) mass is 556 g/mol. The summed E-state index contributed by atoms with van der Waals surface area (Å²) < 4.78 is 15.3. The van der Waals surface area contributed by atoms with E-state index in [1.165, 1.54) is 6.33 Å². The molecule has 3 aromatic heterocycles. The van der Waals surface area contributed by atoms with Gasteiger partial charge in [0.15, 0.2) is 0 Å². The number of nitrogens with zero attached hydrogens (tertiary/aromatic N) is 6. The van der Waals surface area contributed by atoms with Gasteiger partial charge in [-0.05, 0) is 42.8 Å². The number of aromatic nitrogens is 5. The molecule has 0 spiro atoms. The molecule has 2 fully saturated rings. The van der Waals surface area contributed by atoms with E-state index in [9.17, 15) is 9.59 Å². The highest BCUT2D eigenvalue weighted by molar-refractivity contribution is 6.30. The molecule has 0 aliphatic carbocycles. The van der Waals surface area contributed by atoms with Crippen molar-refractivity contribution in [1.82, 2.24) is 29.0 Å². The van der Waals surface area contributed by atoms with Gasteiger partial charge in [0.05, 0.1) is 35.2 Å². The van der Waals surface area contributed by atoms with Crippen molar-refractivity contribution in [3.8, 4) is 16.9 Å². The second kappa shape index (κ2) is 9.63. The summed E-state index contributed by atoms with van der Waals surface area (Å²) >= 11 is 6.05. The minimum atomic E-state index is -0.265. The van der Waals surface area contributed by atoms with E-state index in [0.717, 1.165) is 22.2 Å². The molecule has 10 nitrogen and oxygen atoms in total. The number of carbonyl (C=O) groups is 1. The van der Waals surface area contributed by atoms with Crippen LogP contribution < -0.4 is 10.3 Å². The molecule has 202 valence electrons. The number of carbonyl (C=O) groups excluding carboxylic acids is 1. The predicted octanol–water partition coefficient (Wildman–Crippen LogP) is 4.48. The molecule has 2 atom stereocenters. The first-order valence-corrected chi connectivity index (χ1v) is 13.5. The lowest BCUT2D eigenvalue weighted by Gasteiger charge is -2.33. The van der Waals surface area contributed by atoms with Gasteiger partial charge in [-0.3, -0.25) is 9.36 Å². The minimum absolute atomic E-state index is 0.0107. The van der Waals surface area contributed by atoms with Gasteiger partial charge in [0.1, 0.15) is 30.6 Å². The Kier molecular flexibility index (Phi) is 5.92. The van der Waals surface area contributed by atoms with Gasteiger partial charge in [-0.2, -0.15) is 5.10 Å². The first kappa shape index (κ1) is 24.6. The molecule has 2 aliphatic heterocycles. The lowest BCUT2D eigenvalue weighted by molar-refractivity contribution is 0.0941. The van der Waals surface area contributed by atoms with Crippen molar-refractivity contribution in [2.24, 2.45) is 0 Å². The predicted molar refractivity (Wildman–Crippen MR) is 149 cm³/mol.